The van der Waals surface area contributed by atoms with Gasteiger partial charge in [-0.1, -0.05) is 18.2 Å². The van der Waals surface area contributed by atoms with Crippen LogP contribution in [0.1, 0.15) is 19.4 Å². The average Bonchev–Trinajstić information content (AvgIpc) is 2.86. The normalized spacial score (nSPS) is 10.8. The Balaban J connectivity index is 0.000000204. The van der Waals surface area contributed by atoms with Crippen LogP contribution in [0.4, 0.5) is 0 Å². The quantitative estimate of drug-likeness (QED) is 0.696. The first-order valence-electron chi connectivity index (χ1n) is 6.46. The van der Waals surface area contributed by atoms with Crippen LogP contribution in [-0.4, -0.2) is 17.5 Å². The van der Waals surface area contributed by atoms with Crippen molar-refractivity contribution in [2.24, 2.45) is 0 Å². The molecular formula is C14H21N2O3S+. The summed E-state index contributed by atoms with van der Waals surface area (Å²) in [7, 11) is -4.03. The molecule has 1 N–H and O–H groups in total. The number of nitrogens with zero attached hydrogens (tertiary/aromatic N) is 2. The van der Waals surface area contributed by atoms with E-state index in [1.165, 1.54) is 6.07 Å². The van der Waals surface area contributed by atoms with E-state index in [0.717, 1.165) is 13.1 Å². The van der Waals surface area contributed by atoms with E-state index in [9.17, 15) is 8.42 Å². The van der Waals surface area contributed by atoms with Gasteiger partial charge in [-0.15, -0.1) is 0 Å². The Hall–Kier alpha value is -1.66. The minimum Gasteiger partial charge on any atom is -0.282 e. The van der Waals surface area contributed by atoms with Gasteiger partial charge in [0, 0.05) is 0 Å². The minimum absolute atomic E-state index is 0.0278. The number of rotatable bonds is 3. The maximum atomic E-state index is 10.6. The molecule has 0 saturated carbocycles. The molecule has 0 aliphatic rings. The van der Waals surface area contributed by atoms with Gasteiger partial charge in [0.2, 0.25) is 6.33 Å². The lowest BCUT2D eigenvalue weighted by Crippen LogP contribution is -2.28. The van der Waals surface area contributed by atoms with E-state index in [-0.39, 0.29) is 4.90 Å². The molecule has 0 fully saturated rings. The van der Waals surface area contributed by atoms with Crippen molar-refractivity contribution in [2.45, 2.75) is 38.8 Å². The van der Waals surface area contributed by atoms with Crippen LogP contribution in [0.5, 0.6) is 0 Å². The number of benzene rings is 1. The molecule has 1 heterocycles. The van der Waals surface area contributed by atoms with Crippen LogP contribution >= 0.6 is 0 Å². The monoisotopic (exact) mass is 297 g/mol. The molecule has 2 aromatic rings. The van der Waals surface area contributed by atoms with Crippen molar-refractivity contribution in [1.29, 1.82) is 0 Å². The molecule has 0 atom stereocenters. The number of hydrogen-bond donors (Lipinski definition) is 1. The zero-order chi connectivity index (χ0) is 15.2. The highest BCUT2D eigenvalue weighted by molar-refractivity contribution is 7.85. The Morgan fingerprint density at radius 2 is 1.90 bits per heavy atom. The van der Waals surface area contributed by atoms with Gasteiger partial charge in [0.15, 0.2) is 0 Å². The minimum atomic E-state index is -4.03. The zero-order valence-electron chi connectivity index (χ0n) is 12.0. The second kappa shape index (κ2) is 7.21. The van der Waals surface area contributed by atoms with Gasteiger partial charge in [-0.3, -0.25) is 4.55 Å². The van der Waals surface area contributed by atoms with E-state index >= 15 is 0 Å². The standard InChI is InChI=1S/C7H13N2.C7H8O3S/c1-3-8-5-6-9(4-2)7-8;1-6-4-2-3-5-7(6)11(8,9)10/h5-7H,3-4H2,1-2H3;2-5H,1H3,(H,8,9,10)/q+1;. The van der Waals surface area contributed by atoms with Crippen LogP contribution in [0.15, 0.2) is 47.9 Å². The molecule has 20 heavy (non-hydrogen) atoms. The molecule has 0 unspecified atom stereocenters. The number of hydrogen-bond acceptors (Lipinski definition) is 2. The molecule has 1 aromatic carbocycles. The van der Waals surface area contributed by atoms with Gasteiger partial charge in [0.1, 0.15) is 12.4 Å². The molecule has 6 heteroatoms. The lowest BCUT2D eigenvalue weighted by atomic mass is 10.2. The summed E-state index contributed by atoms with van der Waals surface area (Å²) in [5.74, 6) is 0. The fourth-order valence-corrected chi connectivity index (χ4v) is 2.38. The molecule has 1 aromatic heterocycles. The second-order valence-electron chi connectivity index (χ2n) is 4.32. The SMILES string of the molecule is CCn1cc[n+](CC)c1.Cc1ccccc1S(=O)(=O)O. The summed E-state index contributed by atoms with van der Waals surface area (Å²) in [4.78, 5) is -0.0278. The molecular weight excluding hydrogens is 276 g/mol. The van der Waals surface area contributed by atoms with Crippen LogP contribution < -0.4 is 4.57 Å². The summed E-state index contributed by atoms with van der Waals surface area (Å²) in [5.41, 5.74) is 0.551. The van der Waals surface area contributed by atoms with Crippen molar-refractivity contribution < 1.29 is 17.5 Å². The predicted molar refractivity (Wildman–Crippen MR) is 77.0 cm³/mol. The third kappa shape index (κ3) is 4.79. The predicted octanol–water partition coefficient (Wildman–Crippen LogP) is 2.06. The van der Waals surface area contributed by atoms with E-state index < -0.39 is 10.1 Å². The van der Waals surface area contributed by atoms with Crippen molar-refractivity contribution in [3.63, 3.8) is 0 Å². The van der Waals surface area contributed by atoms with Crippen molar-refractivity contribution in [3.8, 4) is 0 Å². The van der Waals surface area contributed by atoms with Gasteiger partial charge in [-0.2, -0.15) is 8.42 Å². The number of aryl methyl sites for hydroxylation is 3. The van der Waals surface area contributed by atoms with Gasteiger partial charge >= 0.3 is 0 Å². The van der Waals surface area contributed by atoms with Gasteiger partial charge in [0.25, 0.3) is 10.1 Å². The molecule has 0 aliphatic heterocycles. The first kappa shape index (κ1) is 16.4. The van der Waals surface area contributed by atoms with E-state index in [1.807, 2.05) is 0 Å². The zero-order valence-corrected chi connectivity index (χ0v) is 12.8. The van der Waals surface area contributed by atoms with Crippen molar-refractivity contribution in [2.75, 3.05) is 0 Å². The topological polar surface area (TPSA) is 63.2 Å². The van der Waals surface area contributed by atoms with Crippen LogP contribution in [0, 0.1) is 6.92 Å². The van der Waals surface area contributed by atoms with Gasteiger partial charge in [-0.25, -0.2) is 9.13 Å². The molecule has 2 rings (SSSR count). The van der Waals surface area contributed by atoms with Gasteiger partial charge < -0.3 is 0 Å². The van der Waals surface area contributed by atoms with E-state index in [4.69, 9.17) is 4.55 Å². The maximum absolute atomic E-state index is 10.6. The van der Waals surface area contributed by atoms with Crippen LogP contribution in [0.25, 0.3) is 0 Å². The van der Waals surface area contributed by atoms with E-state index in [2.05, 4.69) is 41.7 Å². The Labute approximate surface area is 120 Å². The van der Waals surface area contributed by atoms with E-state index in [0.29, 0.717) is 5.56 Å². The third-order valence-corrected chi connectivity index (χ3v) is 3.86. The van der Waals surface area contributed by atoms with Crippen molar-refractivity contribution in [3.05, 3.63) is 48.5 Å². The van der Waals surface area contributed by atoms with Gasteiger partial charge in [-0.05, 0) is 32.4 Å². The Kier molecular flexibility index (Phi) is 5.91. The number of aromatic nitrogens is 2. The molecule has 0 bridgehead atoms. The lowest BCUT2D eigenvalue weighted by molar-refractivity contribution is -0.693. The molecule has 0 aliphatic carbocycles. The molecule has 5 nitrogen and oxygen atoms in total. The van der Waals surface area contributed by atoms with Crippen LogP contribution in [0.2, 0.25) is 0 Å². The maximum Gasteiger partial charge on any atom is 0.294 e. The first-order valence-corrected chi connectivity index (χ1v) is 7.90. The second-order valence-corrected chi connectivity index (χ2v) is 5.71. The lowest BCUT2D eigenvalue weighted by Gasteiger charge is -1.99. The van der Waals surface area contributed by atoms with Gasteiger partial charge in [0.05, 0.1) is 18.0 Å². The molecule has 0 amide bonds. The first-order chi connectivity index (χ1) is 9.38. The van der Waals surface area contributed by atoms with Crippen molar-refractivity contribution in [1.82, 2.24) is 4.57 Å². The Morgan fingerprint density at radius 1 is 1.25 bits per heavy atom. The van der Waals surface area contributed by atoms with E-state index in [1.54, 1.807) is 25.1 Å². The fraction of sp³-hybridized carbons (Fsp3) is 0.357. The summed E-state index contributed by atoms with van der Waals surface area (Å²) >= 11 is 0. The Morgan fingerprint density at radius 3 is 2.25 bits per heavy atom. The summed E-state index contributed by atoms with van der Waals surface area (Å²) < 4.78 is 34.2. The van der Waals surface area contributed by atoms with Crippen molar-refractivity contribution >= 4 is 10.1 Å². The highest BCUT2D eigenvalue weighted by Crippen LogP contribution is 2.12. The molecule has 0 radical (unpaired) electrons. The summed E-state index contributed by atoms with van der Waals surface area (Å²) in [6.07, 6.45) is 6.28. The van der Waals surface area contributed by atoms with Crippen LogP contribution in [0.3, 0.4) is 0 Å². The van der Waals surface area contributed by atoms with Crippen LogP contribution in [-0.2, 0) is 23.2 Å². The average molecular weight is 297 g/mol. The summed E-state index contributed by atoms with van der Waals surface area (Å²) in [5, 5.41) is 0. The highest BCUT2D eigenvalue weighted by atomic mass is 32.2. The molecule has 0 saturated heterocycles. The summed E-state index contributed by atoms with van der Waals surface area (Å²) in [6, 6.07) is 6.27. The Bertz CT molecular complexity index is 629. The highest BCUT2D eigenvalue weighted by Gasteiger charge is 2.10. The molecule has 0 spiro atoms. The number of imidazole rings is 1. The largest absolute Gasteiger partial charge is 0.294 e. The summed E-state index contributed by atoms with van der Waals surface area (Å²) in [6.45, 7) is 8.03. The molecule has 110 valence electrons. The third-order valence-electron chi connectivity index (χ3n) is 2.85. The fourth-order valence-electron chi connectivity index (χ4n) is 1.66. The smallest absolute Gasteiger partial charge is 0.282 e.